The zero-order valence-electron chi connectivity index (χ0n) is 14.7. The second kappa shape index (κ2) is 9.17. The lowest BCUT2D eigenvalue weighted by atomic mass is 10.0. The van der Waals surface area contributed by atoms with Gasteiger partial charge in [-0.25, -0.2) is 4.79 Å². The van der Waals surface area contributed by atoms with Gasteiger partial charge < -0.3 is 20.6 Å². The zero-order valence-corrected chi connectivity index (χ0v) is 14.7. The number of carbonyl (C=O) groups excluding carboxylic acids is 3. The average molecular weight is 334 g/mol. The van der Waals surface area contributed by atoms with E-state index < -0.39 is 24.0 Å². The van der Waals surface area contributed by atoms with Crippen molar-refractivity contribution >= 4 is 18.2 Å². The van der Waals surface area contributed by atoms with Gasteiger partial charge in [0.05, 0.1) is 6.04 Å². The number of esters is 1. The first-order valence-electron chi connectivity index (χ1n) is 8.03. The van der Waals surface area contributed by atoms with Gasteiger partial charge in [-0.05, 0) is 37.8 Å². The van der Waals surface area contributed by atoms with Crippen LogP contribution in [-0.4, -0.2) is 30.2 Å². The number of nitrogens with one attached hydrogen (secondary N) is 1. The van der Waals surface area contributed by atoms with E-state index in [0.717, 1.165) is 11.1 Å². The van der Waals surface area contributed by atoms with Crippen LogP contribution in [0.1, 0.15) is 37.8 Å². The van der Waals surface area contributed by atoms with Gasteiger partial charge in [-0.1, -0.05) is 31.5 Å². The average Bonchev–Trinajstić information content (AvgIpc) is 2.49. The Hall–Kier alpha value is -2.21. The maximum atomic E-state index is 12.5. The van der Waals surface area contributed by atoms with E-state index in [2.05, 4.69) is 5.32 Å². The maximum absolute atomic E-state index is 12.5. The highest BCUT2D eigenvalue weighted by molar-refractivity contribution is 5.89. The van der Waals surface area contributed by atoms with Crippen LogP contribution in [0.2, 0.25) is 0 Å². The number of aryl methyl sites for hydroxylation is 2. The first-order chi connectivity index (χ1) is 11.2. The molecule has 24 heavy (non-hydrogen) atoms. The smallest absolute Gasteiger partial charge is 0.334 e. The van der Waals surface area contributed by atoms with E-state index in [1.165, 1.54) is 0 Å². The fourth-order valence-corrected chi connectivity index (χ4v) is 2.27. The lowest BCUT2D eigenvalue weighted by Gasteiger charge is -2.21. The summed E-state index contributed by atoms with van der Waals surface area (Å²) < 4.78 is 5.44. The molecule has 0 aliphatic carbocycles. The molecule has 0 aliphatic rings. The Morgan fingerprint density at radius 1 is 1.29 bits per heavy atom. The number of rotatable bonds is 8. The summed E-state index contributed by atoms with van der Waals surface area (Å²) in [5.41, 5.74) is 7.52. The van der Waals surface area contributed by atoms with E-state index in [1.807, 2.05) is 39.8 Å². The zero-order chi connectivity index (χ0) is 18.3. The summed E-state index contributed by atoms with van der Waals surface area (Å²) in [6, 6.07) is 3.72. The normalized spacial score (nSPS) is 13.2. The van der Waals surface area contributed by atoms with Gasteiger partial charge in [0.15, 0.2) is 0 Å². The number of benzene rings is 1. The molecule has 0 fully saturated rings. The minimum atomic E-state index is -0.967. The van der Waals surface area contributed by atoms with E-state index in [9.17, 15) is 14.4 Å². The van der Waals surface area contributed by atoms with Crippen LogP contribution in [0.4, 0.5) is 0 Å². The SMILES string of the molecule is Cc1ccc(OC(=O)[C@H](CC(C)C)NC(=O)[C@@H](N)CC=O)c(C)c1. The highest BCUT2D eigenvalue weighted by Crippen LogP contribution is 2.20. The molecule has 1 rings (SSSR count). The number of nitrogens with two attached hydrogens (primary N) is 1. The Labute approximate surface area is 142 Å². The van der Waals surface area contributed by atoms with Crippen molar-refractivity contribution in [3.63, 3.8) is 0 Å². The van der Waals surface area contributed by atoms with Crippen molar-refractivity contribution in [2.75, 3.05) is 0 Å². The molecule has 132 valence electrons. The molecule has 1 aromatic rings. The van der Waals surface area contributed by atoms with Crippen LogP contribution in [0.25, 0.3) is 0 Å². The highest BCUT2D eigenvalue weighted by Gasteiger charge is 2.26. The van der Waals surface area contributed by atoms with Crippen molar-refractivity contribution < 1.29 is 19.1 Å². The molecule has 0 spiro atoms. The standard InChI is InChI=1S/C18H26N2O4/c1-11(2)9-15(20-17(22)14(19)7-8-21)18(23)24-16-6-5-12(3)10-13(16)4/h5-6,8,10-11,14-15H,7,9,19H2,1-4H3,(H,20,22)/t14-,15-/m0/s1. The molecule has 0 radical (unpaired) electrons. The Morgan fingerprint density at radius 3 is 2.50 bits per heavy atom. The summed E-state index contributed by atoms with van der Waals surface area (Å²) in [6.07, 6.45) is 0.908. The van der Waals surface area contributed by atoms with Crippen LogP contribution in [0.3, 0.4) is 0 Å². The van der Waals surface area contributed by atoms with E-state index >= 15 is 0 Å². The van der Waals surface area contributed by atoms with Gasteiger partial charge in [0, 0.05) is 6.42 Å². The van der Waals surface area contributed by atoms with Crippen molar-refractivity contribution in [3.05, 3.63) is 29.3 Å². The lowest BCUT2D eigenvalue weighted by Crippen LogP contribution is -2.50. The van der Waals surface area contributed by atoms with Gasteiger partial charge >= 0.3 is 5.97 Å². The molecule has 0 saturated carbocycles. The minimum Gasteiger partial charge on any atom is -0.425 e. The minimum absolute atomic E-state index is 0.0909. The largest absolute Gasteiger partial charge is 0.425 e. The van der Waals surface area contributed by atoms with Crippen molar-refractivity contribution in [1.82, 2.24) is 5.32 Å². The van der Waals surface area contributed by atoms with E-state index in [4.69, 9.17) is 10.5 Å². The maximum Gasteiger partial charge on any atom is 0.334 e. The molecule has 0 bridgehead atoms. The summed E-state index contributed by atoms with van der Waals surface area (Å²) in [5, 5.41) is 2.59. The molecule has 1 amide bonds. The van der Waals surface area contributed by atoms with E-state index in [0.29, 0.717) is 18.5 Å². The number of carbonyl (C=O) groups is 3. The number of aldehydes is 1. The Kier molecular flexibility index (Phi) is 7.58. The van der Waals surface area contributed by atoms with Gasteiger partial charge in [-0.2, -0.15) is 0 Å². The summed E-state index contributed by atoms with van der Waals surface area (Å²) in [5.74, 6) is -0.442. The molecular weight excluding hydrogens is 308 g/mol. The van der Waals surface area contributed by atoms with Gasteiger partial charge in [0.2, 0.25) is 5.91 Å². The van der Waals surface area contributed by atoms with Gasteiger partial charge in [-0.3, -0.25) is 4.79 Å². The van der Waals surface area contributed by atoms with Crippen LogP contribution in [0.5, 0.6) is 5.75 Å². The Balaban J connectivity index is 2.84. The second-order valence-corrected chi connectivity index (χ2v) is 6.39. The summed E-state index contributed by atoms with van der Waals surface area (Å²) >= 11 is 0. The number of amides is 1. The quantitative estimate of drug-likeness (QED) is 0.428. The summed E-state index contributed by atoms with van der Waals surface area (Å²) in [7, 11) is 0. The van der Waals surface area contributed by atoms with Crippen molar-refractivity contribution in [1.29, 1.82) is 0 Å². The first kappa shape index (κ1) is 19.8. The van der Waals surface area contributed by atoms with Gasteiger partial charge in [-0.15, -0.1) is 0 Å². The second-order valence-electron chi connectivity index (χ2n) is 6.39. The van der Waals surface area contributed by atoms with Crippen LogP contribution in [0.15, 0.2) is 18.2 Å². The molecule has 3 N–H and O–H groups in total. The molecule has 2 atom stereocenters. The lowest BCUT2D eigenvalue weighted by molar-refractivity contribution is -0.140. The van der Waals surface area contributed by atoms with Crippen LogP contribution in [-0.2, 0) is 14.4 Å². The van der Waals surface area contributed by atoms with Crippen LogP contribution in [0, 0.1) is 19.8 Å². The predicted molar refractivity (Wildman–Crippen MR) is 91.6 cm³/mol. The number of ether oxygens (including phenoxy) is 1. The fourth-order valence-electron chi connectivity index (χ4n) is 2.27. The molecule has 1 aromatic carbocycles. The molecule has 0 heterocycles. The highest BCUT2D eigenvalue weighted by atomic mass is 16.5. The molecule has 6 nitrogen and oxygen atoms in total. The molecule has 0 aliphatic heterocycles. The number of hydrogen-bond donors (Lipinski definition) is 2. The monoisotopic (exact) mass is 334 g/mol. The number of hydrogen-bond acceptors (Lipinski definition) is 5. The molecular formula is C18H26N2O4. The third-order valence-corrected chi connectivity index (χ3v) is 3.54. The Morgan fingerprint density at radius 2 is 1.96 bits per heavy atom. The first-order valence-corrected chi connectivity index (χ1v) is 8.03. The summed E-state index contributed by atoms with van der Waals surface area (Å²) in [6.45, 7) is 7.68. The molecule has 6 heteroatoms. The van der Waals surface area contributed by atoms with Crippen LogP contribution >= 0.6 is 0 Å². The van der Waals surface area contributed by atoms with Gasteiger partial charge in [0.25, 0.3) is 0 Å². The topological polar surface area (TPSA) is 98.5 Å². The Bertz CT molecular complexity index is 599. The molecule has 0 aromatic heterocycles. The molecule has 0 unspecified atom stereocenters. The third kappa shape index (κ3) is 6.12. The third-order valence-electron chi connectivity index (χ3n) is 3.54. The summed E-state index contributed by atoms with van der Waals surface area (Å²) in [4.78, 5) is 34.9. The van der Waals surface area contributed by atoms with Crippen LogP contribution < -0.4 is 15.8 Å². The van der Waals surface area contributed by atoms with E-state index in [-0.39, 0.29) is 12.3 Å². The fraction of sp³-hybridized carbons (Fsp3) is 0.500. The van der Waals surface area contributed by atoms with Crippen molar-refractivity contribution in [3.8, 4) is 5.75 Å². The van der Waals surface area contributed by atoms with Crippen molar-refractivity contribution in [2.45, 2.75) is 52.6 Å². The van der Waals surface area contributed by atoms with Gasteiger partial charge in [0.1, 0.15) is 18.1 Å². The van der Waals surface area contributed by atoms with Crippen molar-refractivity contribution in [2.24, 2.45) is 11.7 Å². The molecule has 0 saturated heterocycles. The van der Waals surface area contributed by atoms with E-state index in [1.54, 1.807) is 6.07 Å². The predicted octanol–water partition coefficient (Wildman–Crippen LogP) is 1.66.